The van der Waals surface area contributed by atoms with Gasteiger partial charge >= 0.3 is 0 Å². The molecule has 4 nitrogen and oxygen atoms in total. The van der Waals surface area contributed by atoms with Crippen molar-refractivity contribution in [1.29, 1.82) is 0 Å². The summed E-state index contributed by atoms with van der Waals surface area (Å²) in [5.41, 5.74) is 0.828. The molecule has 1 aromatic rings. The number of carbonyl (C=O) groups excluding carboxylic acids is 1. The second-order valence-corrected chi connectivity index (χ2v) is 4.21. The van der Waals surface area contributed by atoms with Crippen LogP contribution < -0.4 is 10.6 Å². The molecule has 0 aliphatic carbocycles. The van der Waals surface area contributed by atoms with Gasteiger partial charge in [0.2, 0.25) is 5.91 Å². The van der Waals surface area contributed by atoms with E-state index in [1.807, 2.05) is 0 Å². The van der Waals surface area contributed by atoms with Gasteiger partial charge in [0, 0.05) is 31.1 Å². The zero-order valence-corrected chi connectivity index (χ0v) is 9.59. The number of phenolic OH excluding ortho intramolecular Hbond substituents is 1. The van der Waals surface area contributed by atoms with Crippen LogP contribution in [0.25, 0.3) is 0 Å². The molecular weight excluding hydrogens is 223 g/mol. The van der Waals surface area contributed by atoms with Crippen molar-refractivity contribution >= 4 is 5.91 Å². The van der Waals surface area contributed by atoms with Crippen LogP contribution in [0, 0.1) is 12.7 Å². The van der Waals surface area contributed by atoms with Gasteiger partial charge in [-0.25, -0.2) is 4.39 Å². The third-order valence-corrected chi connectivity index (χ3v) is 2.97. The van der Waals surface area contributed by atoms with E-state index in [0.717, 1.165) is 0 Å². The Hall–Kier alpha value is -1.62. The second-order valence-electron chi connectivity index (χ2n) is 4.21. The number of aromatic hydroxyl groups is 1. The van der Waals surface area contributed by atoms with Gasteiger partial charge in [-0.05, 0) is 24.6 Å². The number of nitrogens with one attached hydrogen (secondary N) is 2. The molecule has 0 radical (unpaired) electrons. The number of benzene rings is 1. The Bertz CT molecular complexity index is 425. The maximum Gasteiger partial charge on any atom is 0.221 e. The summed E-state index contributed by atoms with van der Waals surface area (Å²) in [4.78, 5) is 11.4. The summed E-state index contributed by atoms with van der Waals surface area (Å²) in [7, 11) is 0. The van der Waals surface area contributed by atoms with Crippen molar-refractivity contribution in [2.45, 2.75) is 19.4 Å². The van der Waals surface area contributed by atoms with Gasteiger partial charge in [-0.15, -0.1) is 0 Å². The summed E-state index contributed by atoms with van der Waals surface area (Å²) in [6, 6.07) is 2.62. The third-order valence-electron chi connectivity index (χ3n) is 2.97. The van der Waals surface area contributed by atoms with Gasteiger partial charge in [-0.3, -0.25) is 4.79 Å². The lowest BCUT2D eigenvalue weighted by atomic mass is 10.0. The molecule has 5 heteroatoms. The number of rotatable bonds is 1. The lowest BCUT2D eigenvalue weighted by Gasteiger charge is -2.16. The molecule has 0 saturated carbocycles. The fraction of sp³-hybridized carbons (Fsp3) is 0.417. The highest BCUT2D eigenvalue weighted by atomic mass is 19.1. The Labute approximate surface area is 98.8 Å². The van der Waals surface area contributed by atoms with Crippen molar-refractivity contribution in [2.24, 2.45) is 0 Å². The van der Waals surface area contributed by atoms with E-state index < -0.39 is 5.82 Å². The smallest absolute Gasteiger partial charge is 0.221 e. The largest absolute Gasteiger partial charge is 0.508 e. The summed E-state index contributed by atoms with van der Waals surface area (Å²) in [6.45, 7) is 2.71. The summed E-state index contributed by atoms with van der Waals surface area (Å²) in [5, 5.41) is 15.4. The van der Waals surface area contributed by atoms with Gasteiger partial charge in [0.25, 0.3) is 0 Å². The maximum absolute atomic E-state index is 13.5. The Morgan fingerprint density at radius 1 is 1.41 bits per heavy atom. The number of hydrogen-bond acceptors (Lipinski definition) is 3. The minimum atomic E-state index is -0.452. The first-order valence-electron chi connectivity index (χ1n) is 5.57. The monoisotopic (exact) mass is 238 g/mol. The van der Waals surface area contributed by atoms with Crippen LogP contribution in [0.15, 0.2) is 12.1 Å². The van der Waals surface area contributed by atoms with Crippen LogP contribution in [0.2, 0.25) is 0 Å². The van der Waals surface area contributed by atoms with Crippen molar-refractivity contribution in [3.8, 4) is 5.75 Å². The molecule has 92 valence electrons. The number of amides is 1. The van der Waals surface area contributed by atoms with Crippen molar-refractivity contribution in [1.82, 2.24) is 10.6 Å². The Morgan fingerprint density at radius 3 is 2.88 bits per heavy atom. The van der Waals surface area contributed by atoms with E-state index in [1.54, 1.807) is 0 Å². The minimum absolute atomic E-state index is 0.0690. The van der Waals surface area contributed by atoms with Crippen LogP contribution >= 0.6 is 0 Å². The van der Waals surface area contributed by atoms with Crippen molar-refractivity contribution in [3.05, 3.63) is 29.1 Å². The first kappa shape index (κ1) is 11.9. The molecule has 1 aliphatic heterocycles. The number of halogens is 1. The summed E-state index contributed by atoms with van der Waals surface area (Å²) < 4.78 is 13.5. The molecule has 0 aromatic heterocycles. The van der Waals surface area contributed by atoms with Gasteiger partial charge in [0.05, 0.1) is 0 Å². The van der Waals surface area contributed by atoms with Crippen LogP contribution in [0.3, 0.4) is 0 Å². The standard InChI is InChI=1S/C12H15FN2O2/c1-7-9(13)4-8(5-11(7)16)10-6-12(17)15-3-2-14-10/h4-5,10,14,16H,2-3,6H2,1H3,(H,15,17). The molecule has 0 bridgehead atoms. The van der Waals surface area contributed by atoms with Gasteiger partial charge < -0.3 is 15.7 Å². The molecule has 0 spiro atoms. The fourth-order valence-electron chi connectivity index (χ4n) is 1.90. The highest BCUT2D eigenvalue weighted by Crippen LogP contribution is 2.27. The topological polar surface area (TPSA) is 61.4 Å². The summed E-state index contributed by atoms with van der Waals surface area (Å²) >= 11 is 0. The number of hydrogen-bond donors (Lipinski definition) is 3. The van der Waals surface area contributed by atoms with E-state index >= 15 is 0 Å². The fourth-order valence-corrected chi connectivity index (χ4v) is 1.90. The quantitative estimate of drug-likeness (QED) is 0.683. The van der Waals surface area contributed by atoms with Crippen molar-refractivity contribution in [2.75, 3.05) is 13.1 Å². The molecule has 1 saturated heterocycles. The maximum atomic E-state index is 13.5. The zero-order valence-electron chi connectivity index (χ0n) is 9.59. The molecule has 1 unspecified atom stereocenters. The number of phenols is 1. The molecule has 1 atom stereocenters. The van der Waals surface area contributed by atoms with Gasteiger partial charge in [-0.1, -0.05) is 0 Å². The molecule has 1 aromatic carbocycles. The predicted molar refractivity (Wildman–Crippen MR) is 61.2 cm³/mol. The average molecular weight is 238 g/mol. The SMILES string of the molecule is Cc1c(O)cc(C2CC(=O)NCCN2)cc1F. The average Bonchev–Trinajstić information content (AvgIpc) is 2.50. The summed E-state index contributed by atoms with van der Waals surface area (Å²) in [6.07, 6.45) is 0.252. The van der Waals surface area contributed by atoms with Gasteiger partial charge in [-0.2, -0.15) is 0 Å². The molecule has 3 N–H and O–H groups in total. The number of carbonyl (C=O) groups is 1. The first-order valence-corrected chi connectivity index (χ1v) is 5.57. The molecule has 1 heterocycles. The zero-order chi connectivity index (χ0) is 12.4. The van der Waals surface area contributed by atoms with Crippen LogP contribution in [-0.4, -0.2) is 24.1 Å². The second kappa shape index (κ2) is 4.71. The predicted octanol–water partition coefficient (Wildman–Crippen LogP) is 0.990. The highest BCUT2D eigenvalue weighted by molar-refractivity contribution is 5.77. The Kier molecular flexibility index (Phi) is 3.28. The molecule has 17 heavy (non-hydrogen) atoms. The third kappa shape index (κ3) is 2.55. The van der Waals surface area contributed by atoms with Gasteiger partial charge in [0.15, 0.2) is 0 Å². The highest BCUT2D eigenvalue weighted by Gasteiger charge is 2.20. The summed E-state index contributed by atoms with van der Waals surface area (Å²) in [5.74, 6) is -0.599. The van der Waals surface area contributed by atoms with Crippen LogP contribution in [0.5, 0.6) is 5.75 Å². The van der Waals surface area contributed by atoms with Crippen molar-refractivity contribution in [3.63, 3.8) is 0 Å². The van der Waals surface area contributed by atoms with E-state index in [-0.39, 0.29) is 29.7 Å². The van der Waals surface area contributed by atoms with E-state index in [2.05, 4.69) is 10.6 Å². The molecule has 2 rings (SSSR count). The first-order chi connectivity index (χ1) is 8.08. The van der Waals surface area contributed by atoms with Crippen LogP contribution in [0.1, 0.15) is 23.6 Å². The van der Waals surface area contributed by atoms with Crippen LogP contribution in [0.4, 0.5) is 4.39 Å². The lowest BCUT2D eigenvalue weighted by Crippen LogP contribution is -2.24. The van der Waals surface area contributed by atoms with Crippen LogP contribution in [-0.2, 0) is 4.79 Å². The van der Waals surface area contributed by atoms with E-state index in [0.29, 0.717) is 18.7 Å². The van der Waals surface area contributed by atoms with E-state index in [1.165, 1.54) is 19.1 Å². The molecule has 1 aliphatic rings. The van der Waals surface area contributed by atoms with Crippen molar-refractivity contribution < 1.29 is 14.3 Å². The minimum Gasteiger partial charge on any atom is -0.508 e. The molecular formula is C12H15FN2O2. The van der Waals surface area contributed by atoms with E-state index in [4.69, 9.17) is 0 Å². The molecule has 1 fully saturated rings. The Balaban J connectivity index is 2.29. The normalized spacial score (nSPS) is 20.8. The Morgan fingerprint density at radius 2 is 2.18 bits per heavy atom. The van der Waals surface area contributed by atoms with E-state index in [9.17, 15) is 14.3 Å². The van der Waals surface area contributed by atoms with Gasteiger partial charge in [0.1, 0.15) is 11.6 Å². The lowest BCUT2D eigenvalue weighted by molar-refractivity contribution is -0.121. The molecule has 1 amide bonds.